The fourth-order valence-corrected chi connectivity index (χ4v) is 2.18. The molecule has 0 aliphatic carbocycles. The first-order valence-electron chi connectivity index (χ1n) is 6.62. The van der Waals surface area contributed by atoms with Crippen molar-refractivity contribution in [3.05, 3.63) is 29.8 Å². The summed E-state index contributed by atoms with van der Waals surface area (Å²) in [6.45, 7) is 6.07. The van der Waals surface area contributed by atoms with Crippen molar-refractivity contribution in [1.82, 2.24) is 0 Å². The van der Waals surface area contributed by atoms with E-state index in [1.165, 1.54) is 4.90 Å². The largest absolute Gasteiger partial charge is 0.465 e. The number of ether oxygens (including phenoxy) is 1. The zero-order chi connectivity index (χ0) is 15.3. The Morgan fingerprint density at radius 1 is 1.45 bits per heavy atom. The number of hydrogen-bond acceptors (Lipinski definition) is 3. The van der Waals surface area contributed by atoms with Gasteiger partial charge in [-0.15, -0.1) is 0 Å². The third kappa shape index (κ3) is 4.51. The molecule has 0 heterocycles. The smallest absolute Gasteiger partial charge is 0.412 e. The zero-order valence-electron chi connectivity index (χ0n) is 12.6. The Morgan fingerprint density at radius 2 is 2.10 bits per heavy atom. The van der Waals surface area contributed by atoms with Crippen molar-refractivity contribution >= 4 is 11.8 Å². The summed E-state index contributed by atoms with van der Waals surface area (Å²) >= 11 is 0. The van der Waals surface area contributed by atoms with E-state index in [1.807, 2.05) is 39.0 Å². The summed E-state index contributed by atoms with van der Waals surface area (Å²) in [6, 6.07) is 7.37. The number of nitrogens with zero attached hydrogens (tertiary/aromatic N) is 1. The second kappa shape index (κ2) is 6.72. The molecule has 1 atom stereocenters. The van der Waals surface area contributed by atoms with Gasteiger partial charge in [-0.05, 0) is 44.9 Å². The van der Waals surface area contributed by atoms with Crippen molar-refractivity contribution < 1.29 is 14.6 Å². The van der Waals surface area contributed by atoms with Gasteiger partial charge in [0.25, 0.3) is 0 Å². The first-order valence-corrected chi connectivity index (χ1v) is 6.62. The number of carboxylic acid groups (broad SMARTS) is 1. The third-order valence-corrected chi connectivity index (χ3v) is 2.91. The van der Waals surface area contributed by atoms with E-state index in [-0.39, 0.29) is 6.04 Å². The minimum absolute atomic E-state index is 0.0943. The monoisotopic (exact) mass is 280 g/mol. The van der Waals surface area contributed by atoms with Gasteiger partial charge >= 0.3 is 6.09 Å². The number of methoxy groups -OCH3 is 1. The predicted octanol–water partition coefficient (Wildman–Crippen LogP) is 2.49. The van der Waals surface area contributed by atoms with E-state index in [0.29, 0.717) is 18.7 Å². The van der Waals surface area contributed by atoms with Crippen molar-refractivity contribution in [1.29, 1.82) is 0 Å². The van der Waals surface area contributed by atoms with Crippen LogP contribution in [0.15, 0.2) is 24.3 Å². The first-order chi connectivity index (χ1) is 9.25. The highest BCUT2D eigenvalue weighted by Crippen LogP contribution is 2.25. The molecule has 0 spiro atoms. The molecular weight excluding hydrogens is 256 g/mol. The topological polar surface area (TPSA) is 75.8 Å². The van der Waals surface area contributed by atoms with Gasteiger partial charge in [-0.25, -0.2) is 4.79 Å². The van der Waals surface area contributed by atoms with E-state index in [9.17, 15) is 9.90 Å². The summed E-state index contributed by atoms with van der Waals surface area (Å²) < 4.78 is 5.02. The number of nitrogens with two attached hydrogens (primary N) is 1. The lowest BCUT2D eigenvalue weighted by atomic mass is 10.0. The molecule has 5 heteroatoms. The van der Waals surface area contributed by atoms with Crippen LogP contribution < -0.4 is 10.6 Å². The summed E-state index contributed by atoms with van der Waals surface area (Å²) in [5.74, 6) is 0. The first kappa shape index (κ1) is 16.5. The zero-order valence-corrected chi connectivity index (χ0v) is 12.6. The summed E-state index contributed by atoms with van der Waals surface area (Å²) in [6.07, 6.45) is -0.310. The average Bonchev–Trinajstić information content (AvgIpc) is 2.26. The molecule has 1 aromatic rings. The van der Waals surface area contributed by atoms with Gasteiger partial charge in [0.15, 0.2) is 0 Å². The minimum Gasteiger partial charge on any atom is -0.465 e. The highest BCUT2D eigenvalue weighted by Gasteiger charge is 2.27. The molecule has 1 unspecified atom stereocenters. The van der Waals surface area contributed by atoms with Gasteiger partial charge in [0.2, 0.25) is 0 Å². The van der Waals surface area contributed by atoms with Crippen LogP contribution in [-0.4, -0.2) is 36.5 Å². The van der Waals surface area contributed by atoms with Crippen LogP contribution in [0.5, 0.6) is 0 Å². The molecule has 0 bridgehead atoms. The molecule has 0 aliphatic heterocycles. The molecule has 0 aromatic heterocycles. The van der Waals surface area contributed by atoms with Crippen LogP contribution in [0.3, 0.4) is 0 Å². The molecule has 0 radical (unpaired) electrons. The third-order valence-electron chi connectivity index (χ3n) is 2.91. The van der Waals surface area contributed by atoms with Crippen LogP contribution in [0, 0.1) is 0 Å². The van der Waals surface area contributed by atoms with Crippen LogP contribution in [0.2, 0.25) is 0 Å². The van der Waals surface area contributed by atoms with Gasteiger partial charge in [0.05, 0.1) is 6.61 Å². The van der Waals surface area contributed by atoms with E-state index >= 15 is 0 Å². The summed E-state index contributed by atoms with van der Waals surface area (Å²) in [7, 11) is 1.61. The Labute approximate surface area is 120 Å². The molecular formula is C15H24N2O3. The highest BCUT2D eigenvalue weighted by molar-refractivity contribution is 5.87. The van der Waals surface area contributed by atoms with Crippen LogP contribution in [0.4, 0.5) is 10.5 Å². The van der Waals surface area contributed by atoms with Crippen LogP contribution in [0.25, 0.3) is 0 Å². The normalized spacial score (nSPS) is 13.1. The van der Waals surface area contributed by atoms with Crippen molar-refractivity contribution in [2.24, 2.45) is 5.73 Å². The quantitative estimate of drug-likeness (QED) is 0.868. The summed E-state index contributed by atoms with van der Waals surface area (Å²) in [5.41, 5.74) is 7.09. The maximum absolute atomic E-state index is 11.5. The predicted molar refractivity (Wildman–Crippen MR) is 80.3 cm³/mol. The highest BCUT2D eigenvalue weighted by atomic mass is 16.5. The number of hydrogen-bond donors (Lipinski definition) is 2. The number of benzene rings is 1. The van der Waals surface area contributed by atoms with Crippen molar-refractivity contribution in [3.8, 4) is 0 Å². The van der Waals surface area contributed by atoms with Gasteiger partial charge in [-0.3, -0.25) is 4.90 Å². The molecule has 0 fully saturated rings. The minimum atomic E-state index is -0.962. The SMILES string of the molecule is COCC(N)Cc1cccc(N(C(=O)O)C(C)(C)C)c1. The Hall–Kier alpha value is -1.59. The van der Waals surface area contributed by atoms with Crippen molar-refractivity contribution in [2.45, 2.75) is 38.8 Å². The van der Waals surface area contributed by atoms with Crippen molar-refractivity contribution in [3.63, 3.8) is 0 Å². The maximum Gasteiger partial charge on any atom is 0.412 e. The lowest BCUT2D eigenvalue weighted by molar-refractivity contribution is 0.180. The lowest BCUT2D eigenvalue weighted by Crippen LogP contribution is -2.45. The fourth-order valence-electron chi connectivity index (χ4n) is 2.18. The van der Waals surface area contributed by atoms with Crippen LogP contribution in [0.1, 0.15) is 26.3 Å². The number of amides is 1. The molecule has 3 N–H and O–H groups in total. The van der Waals surface area contributed by atoms with Gasteiger partial charge < -0.3 is 15.6 Å². The van der Waals surface area contributed by atoms with E-state index < -0.39 is 11.6 Å². The second-order valence-electron chi connectivity index (χ2n) is 5.88. The molecule has 1 aromatic carbocycles. The maximum atomic E-state index is 11.5. The second-order valence-corrected chi connectivity index (χ2v) is 5.88. The molecule has 20 heavy (non-hydrogen) atoms. The molecule has 0 aliphatic rings. The Kier molecular flexibility index (Phi) is 5.53. The van der Waals surface area contributed by atoms with Crippen molar-refractivity contribution in [2.75, 3.05) is 18.6 Å². The molecule has 0 saturated carbocycles. The molecule has 5 nitrogen and oxygen atoms in total. The summed E-state index contributed by atoms with van der Waals surface area (Å²) in [5, 5.41) is 9.40. The fraction of sp³-hybridized carbons (Fsp3) is 0.533. The Morgan fingerprint density at radius 3 is 2.60 bits per heavy atom. The van der Waals surface area contributed by atoms with E-state index in [0.717, 1.165) is 5.56 Å². The molecule has 112 valence electrons. The number of anilines is 1. The van der Waals surface area contributed by atoms with Gasteiger partial charge in [0, 0.05) is 24.4 Å². The van der Waals surface area contributed by atoms with Gasteiger partial charge in [-0.1, -0.05) is 12.1 Å². The molecule has 1 rings (SSSR count). The van der Waals surface area contributed by atoms with E-state index in [1.54, 1.807) is 13.2 Å². The lowest BCUT2D eigenvalue weighted by Gasteiger charge is -2.33. The number of rotatable bonds is 5. The van der Waals surface area contributed by atoms with E-state index in [2.05, 4.69) is 0 Å². The van der Waals surface area contributed by atoms with Crippen LogP contribution >= 0.6 is 0 Å². The standard InChI is InChI=1S/C15H24N2O3/c1-15(2,3)17(14(18)19)13-7-5-6-11(9-13)8-12(16)10-20-4/h5-7,9,12H,8,10,16H2,1-4H3,(H,18,19). The Balaban J connectivity index is 2.99. The molecule has 0 saturated heterocycles. The summed E-state index contributed by atoms with van der Waals surface area (Å²) in [4.78, 5) is 12.8. The molecule has 1 amide bonds. The van der Waals surface area contributed by atoms with E-state index in [4.69, 9.17) is 10.5 Å². The number of carbonyl (C=O) groups is 1. The average molecular weight is 280 g/mol. The van der Waals surface area contributed by atoms with Gasteiger partial charge in [0.1, 0.15) is 0 Å². The van der Waals surface area contributed by atoms with Gasteiger partial charge in [-0.2, -0.15) is 0 Å². The van der Waals surface area contributed by atoms with Crippen LogP contribution in [-0.2, 0) is 11.2 Å². The Bertz CT molecular complexity index is 455.